The molecule has 0 bridgehead atoms. The molecule has 1 unspecified atom stereocenters. The average Bonchev–Trinajstić information content (AvgIpc) is 3.34. The highest BCUT2D eigenvalue weighted by atomic mass is 16.7. The molecule has 9 nitrogen and oxygen atoms in total. The monoisotopic (exact) mass is 445 g/mol. The lowest BCUT2D eigenvalue weighted by Crippen LogP contribution is -2.49. The van der Waals surface area contributed by atoms with Gasteiger partial charge in [0.1, 0.15) is 5.75 Å². The van der Waals surface area contributed by atoms with Crippen LogP contribution in [0.4, 0.5) is 4.79 Å². The Kier molecular flexibility index (Phi) is 7.29. The third-order valence-electron chi connectivity index (χ3n) is 6.14. The van der Waals surface area contributed by atoms with Crippen LogP contribution >= 0.6 is 0 Å². The van der Waals surface area contributed by atoms with Crippen LogP contribution < -0.4 is 15.4 Å². The number of benzene rings is 1. The highest BCUT2D eigenvalue weighted by molar-refractivity contribution is 5.95. The van der Waals surface area contributed by atoms with Gasteiger partial charge in [-0.1, -0.05) is 12.1 Å². The first-order valence-corrected chi connectivity index (χ1v) is 11.2. The summed E-state index contributed by atoms with van der Waals surface area (Å²) in [5.41, 5.74) is 1.80. The number of amides is 2. The summed E-state index contributed by atoms with van der Waals surface area (Å²) in [6.45, 7) is 5.49. The Balaban J connectivity index is 1.54. The van der Waals surface area contributed by atoms with E-state index in [1.54, 1.807) is 14.0 Å². The highest BCUT2D eigenvalue weighted by Gasteiger charge is 2.36. The highest BCUT2D eigenvalue weighted by Crippen LogP contribution is 2.31. The molecule has 174 valence electrons. The van der Waals surface area contributed by atoms with Crippen molar-refractivity contribution in [2.75, 3.05) is 46.6 Å². The van der Waals surface area contributed by atoms with Crippen LogP contribution in [0, 0.1) is 5.92 Å². The Morgan fingerprint density at radius 2 is 1.84 bits per heavy atom. The first-order valence-electron chi connectivity index (χ1n) is 11.2. The van der Waals surface area contributed by atoms with Crippen molar-refractivity contribution in [2.24, 2.45) is 5.92 Å². The van der Waals surface area contributed by atoms with E-state index in [1.807, 2.05) is 24.3 Å². The number of urea groups is 1. The van der Waals surface area contributed by atoms with Crippen LogP contribution in [-0.4, -0.2) is 69.8 Å². The Labute approximate surface area is 188 Å². The van der Waals surface area contributed by atoms with Gasteiger partial charge in [-0.3, -0.25) is 4.90 Å². The molecule has 0 spiro atoms. The zero-order chi connectivity index (χ0) is 22.5. The molecular weight excluding hydrogens is 414 g/mol. The third-order valence-corrected chi connectivity index (χ3v) is 6.14. The van der Waals surface area contributed by atoms with Crippen molar-refractivity contribution in [3.05, 3.63) is 41.1 Å². The van der Waals surface area contributed by atoms with Crippen molar-refractivity contribution in [1.29, 1.82) is 0 Å². The molecule has 4 rings (SSSR count). The summed E-state index contributed by atoms with van der Waals surface area (Å²) in [7, 11) is 1.59. The van der Waals surface area contributed by atoms with Crippen molar-refractivity contribution in [3.8, 4) is 5.75 Å². The molecule has 2 fully saturated rings. The van der Waals surface area contributed by atoms with Crippen LogP contribution in [0.1, 0.15) is 31.4 Å². The van der Waals surface area contributed by atoms with Crippen LogP contribution in [0.5, 0.6) is 5.75 Å². The maximum Gasteiger partial charge on any atom is 0.338 e. The molecule has 9 heteroatoms. The molecule has 3 aliphatic rings. The van der Waals surface area contributed by atoms with Gasteiger partial charge < -0.3 is 29.6 Å². The zero-order valence-corrected chi connectivity index (χ0v) is 18.6. The molecule has 0 aromatic heterocycles. The number of hydrogen-bond donors (Lipinski definition) is 2. The van der Waals surface area contributed by atoms with Crippen molar-refractivity contribution in [3.63, 3.8) is 0 Å². The Morgan fingerprint density at radius 3 is 2.47 bits per heavy atom. The SMILES string of the molecule is CCOC(=O)C1=C(CN2CCC(C3OCCO3)CC2)NC(=O)NC1c1ccc(OC)cc1. The standard InChI is InChI=1S/C23H31N3O6/c1-3-30-21(27)19-18(14-26-10-8-16(9-11-26)22-31-12-13-32-22)24-23(28)25-20(19)15-4-6-17(29-2)7-5-15/h4-7,16,20,22H,3,8-14H2,1-2H3,(H2,24,25,28). The largest absolute Gasteiger partial charge is 0.497 e. The summed E-state index contributed by atoms with van der Waals surface area (Å²) in [4.78, 5) is 27.7. The van der Waals surface area contributed by atoms with E-state index in [2.05, 4.69) is 15.5 Å². The molecule has 32 heavy (non-hydrogen) atoms. The van der Waals surface area contributed by atoms with Gasteiger partial charge in [-0.2, -0.15) is 0 Å². The summed E-state index contributed by atoms with van der Waals surface area (Å²) >= 11 is 0. The minimum Gasteiger partial charge on any atom is -0.497 e. The number of esters is 1. The van der Waals surface area contributed by atoms with Gasteiger partial charge in [0.25, 0.3) is 0 Å². The smallest absolute Gasteiger partial charge is 0.338 e. The fraction of sp³-hybridized carbons (Fsp3) is 0.565. The second-order valence-electron chi connectivity index (χ2n) is 8.14. The van der Waals surface area contributed by atoms with E-state index in [1.165, 1.54) is 0 Å². The lowest BCUT2D eigenvalue weighted by molar-refractivity contribution is -0.139. The lowest BCUT2D eigenvalue weighted by atomic mass is 9.93. The predicted molar refractivity (Wildman–Crippen MR) is 116 cm³/mol. The number of nitrogens with zero attached hydrogens (tertiary/aromatic N) is 1. The summed E-state index contributed by atoms with van der Waals surface area (Å²) in [5, 5.41) is 5.72. The molecular formula is C23H31N3O6. The van der Waals surface area contributed by atoms with Crippen LogP contribution in [-0.2, 0) is 19.0 Å². The van der Waals surface area contributed by atoms with E-state index in [0.717, 1.165) is 31.5 Å². The molecule has 0 saturated carbocycles. The number of ether oxygens (including phenoxy) is 4. The van der Waals surface area contributed by atoms with Gasteiger partial charge >= 0.3 is 12.0 Å². The fourth-order valence-electron chi connectivity index (χ4n) is 4.49. The van der Waals surface area contributed by atoms with Crippen molar-refractivity contribution in [2.45, 2.75) is 32.1 Å². The molecule has 1 atom stereocenters. The predicted octanol–water partition coefficient (Wildman–Crippen LogP) is 1.95. The van der Waals surface area contributed by atoms with E-state index in [4.69, 9.17) is 18.9 Å². The maximum absolute atomic E-state index is 12.9. The molecule has 2 saturated heterocycles. The van der Waals surface area contributed by atoms with Gasteiger partial charge in [-0.05, 0) is 50.6 Å². The second kappa shape index (κ2) is 10.3. The molecule has 3 aliphatic heterocycles. The quantitative estimate of drug-likeness (QED) is 0.619. The minimum atomic E-state index is -0.596. The molecule has 1 aromatic rings. The number of rotatable bonds is 7. The van der Waals surface area contributed by atoms with E-state index in [-0.39, 0.29) is 18.9 Å². The van der Waals surface area contributed by atoms with Crippen molar-refractivity contribution >= 4 is 12.0 Å². The molecule has 2 amide bonds. The number of methoxy groups -OCH3 is 1. The summed E-state index contributed by atoms with van der Waals surface area (Å²) in [6, 6.07) is 6.38. The van der Waals surface area contributed by atoms with Gasteiger partial charge in [0.15, 0.2) is 6.29 Å². The lowest BCUT2D eigenvalue weighted by Gasteiger charge is -2.36. The van der Waals surface area contributed by atoms with Gasteiger partial charge in [-0.25, -0.2) is 9.59 Å². The van der Waals surface area contributed by atoms with Gasteiger partial charge in [-0.15, -0.1) is 0 Å². The van der Waals surface area contributed by atoms with Crippen LogP contribution in [0.15, 0.2) is 35.5 Å². The number of carbonyl (C=O) groups excluding carboxylic acids is 2. The van der Waals surface area contributed by atoms with E-state index >= 15 is 0 Å². The molecule has 2 N–H and O–H groups in total. The minimum absolute atomic E-state index is 0.107. The summed E-state index contributed by atoms with van der Waals surface area (Å²) < 4.78 is 21.9. The molecule has 3 heterocycles. The molecule has 0 aliphatic carbocycles. The van der Waals surface area contributed by atoms with Crippen molar-refractivity contribution < 1.29 is 28.5 Å². The molecule has 0 radical (unpaired) electrons. The first-order chi connectivity index (χ1) is 15.6. The number of nitrogens with one attached hydrogen (secondary N) is 2. The topological polar surface area (TPSA) is 98.4 Å². The first kappa shape index (κ1) is 22.6. The number of likely N-dealkylation sites (tertiary alicyclic amines) is 1. The van der Waals surface area contributed by atoms with Crippen LogP contribution in [0.3, 0.4) is 0 Å². The van der Waals surface area contributed by atoms with Crippen LogP contribution in [0.2, 0.25) is 0 Å². The summed E-state index contributed by atoms with van der Waals surface area (Å²) in [6.07, 6.45) is 1.78. The van der Waals surface area contributed by atoms with E-state index < -0.39 is 12.0 Å². The van der Waals surface area contributed by atoms with Crippen LogP contribution in [0.25, 0.3) is 0 Å². The van der Waals surface area contributed by atoms with Gasteiger partial charge in [0.2, 0.25) is 0 Å². The number of carbonyl (C=O) groups is 2. The Morgan fingerprint density at radius 1 is 1.16 bits per heavy atom. The maximum atomic E-state index is 12.9. The van der Waals surface area contributed by atoms with Crippen molar-refractivity contribution in [1.82, 2.24) is 15.5 Å². The van der Waals surface area contributed by atoms with Gasteiger partial charge in [0.05, 0.1) is 38.5 Å². The second-order valence-corrected chi connectivity index (χ2v) is 8.14. The fourth-order valence-corrected chi connectivity index (χ4v) is 4.49. The Bertz CT molecular complexity index is 842. The van der Waals surface area contributed by atoms with Gasteiger partial charge in [0, 0.05) is 18.2 Å². The Hall–Kier alpha value is -2.62. The zero-order valence-electron chi connectivity index (χ0n) is 18.6. The third kappa shape index (κ3) is 5.06. The number of hydrogen-bond acceptors (Lipinski definition) is 7. The molecule has 1 aromatic carbocycles. The average molecular weight is 446 g/mol. The number of piperidine rings is 1. The summed E-state index contributed by atoms with van der Waals surface area (Å²) in [5.74, 6) is 0.648. The van der Waals surface area contributed by atoms with E-state index in [0.29, 0.717) is 42.7 Å². The van der Waals surface area contributed by atoms with E-state index in [9.17, 15) is 9.59 Å². The normalized spacial score (nSPS) is 23.1.